The molecule has 0 radical (unpaired) electrons. The molecule has 0 spiro atoms. The second kappa shape index (κ2) is 8.86. The van der Waals surface area contributed by atoms with Crippen molar-refractivity contribution in [3.8, 4) is 5.75 Å². The largest absolute Gasteiger partial charge is 0.496 e. The Morgan fingerprint density at radius 3 is 2.46 bits per heavy atom. The third kappa shape index (κ3) is 4.76. The molecule has 0 unspecified atom stereocenters. The smallest absolute Gasteiger partial charge is 0.223 e. The van der Waals surface area contributed by atoms with Crippen molar-refractivity contribution in [2.24, 2.45) is 5.92 Å². The first-order valence-corrected chi connectivity index (χ1v) is 10.9. The second-order valence-electron chi connectivity index (χ2n) is 6.77. The number of nitrogens with one attached hydrogen (secondary N) is 1. The summed E-state index contributed by atoms with van der Waals surface area (Å²) in [5.41, 5.74) is 2.10. The Morgan fingerprint density at radius 1 is 1.31 bits per heavy atom. The zero-order valence-corrected chi connectivity index (χ0v) is 16.9. The summed E-state index contributed by atoms with van der Waals surface area (Å²) >= 11 is 0. The van der Waals surface area contributed by atoms with E-state index in [1.165, 1.54) is 4.31 Å². The monoisotopic (exact) mass is 382 g/mol. The van der Waals surface area contributed by atoms with Gasteiger partial charge in [-0.05, 0) is 50.3 Å². The first-order chi connectivity index (χ1) is 12.3. The van der Waals surface area contributed by atoms with Gasteiger partial charge < -0.3 is 10.1 Å². The summed E-state index contributed by atoms with van der Waals surface area (Å²) < 4.78 is 30.7. The van der Waals surface area contributed by atoms with Crippen molar-refractivity contribution in [1.29, 1.82) is 0 Å². The third-order valence-corrected chi connectivity index (χ3v) is 7.01. The highest BCUT2D eigenvalue weighted by Gasteiger charge is 2.30. The van der Waals surface area contributed by atoms with Crippen LogP contribution in [0.25, 0.3) is 0 Å². The molecule has 6 nitrogen and oxygen atoms in total. The molecule has 1 fully saturated rings. The van der Waals surface area contributed by atoms with Crippen molar-refractivity contribution in [2.75, 3.05) is 26.0 Å². The van der Waals surface area contributed by atoms with Crippen LogP contribution in [0.3, 0.4) is 0 Å². The Hall–Kier alpha value is -1.60. The van der Waals surface area contributed by atoms with Crippen molar-refractivity contribution in [3.05, 3.63) is 29.3 Å². The SMILES string of the molecule is CC[C@@H](NC(=O)C1CCN(S(=O)(=O)CC)CC1)c1ccc(OC)c(C)c1. The summed E-state index contributed by atoms with van der Waals surface area (Å²) in [4.78, 5) is 12.7. The maximum Gasteiger partial charge on any atom is 0.223 e. The van der Waals surface area contributed by atoms with Crippen LogP contribution in [0.2, 0.25) is 0 Å². The van der Waals surface area contributed by atoms with Crippen LogP contribution in [0.15, 0.2) is 18.2 Å². The molecule has 1 aliphatic heterocycles. The number of sulfonamides is 1. The maximum atomic E-state index is 12.7. The molecule has 1 heterocycles. The molecular formula is C19H30N2O4S. The van der Waals surface area contributed by atoms with Gasteiger partial charge in [0, 0.05) is 19.0 Å². The van der Waals surface area contributed by atoms with Crippen molar-refractivity contribution >= 4 is 15.9 Å². The maximum absolute atomic E-state index is 12.7. The molecule has 26 heavy (non-hydrogen) atoms. The summed E-state index contributed by atoms with van der Waals surface area (Å²) in [6.07, 6.45) is 1.94. The van der Waals surface area contributed by atoms with E-state index < -0.39 is 10.0 Å². The number of methoxy groups -OCH3 is 1. The highest BCUT2D eigenvalue weighted by atomic mass is 32.2. The molecule has 1 atom stereocenters. The van der Waals surface area contributed by atoms with Gasteiger partial charge in [-0.2, -0.15) is 0 Å². The van der Waals surface area contributed by atoms with Crippen molar-refractivity contribution < 1.29 is 17.9 Å². The van der Waals surface area contributed by atoms with Gasteiger partial charge in [0.2, 0.25) is 15.9 Å². The fourth-order valence-corrected chi connectivity index (χ4v) is 4.54. The number of hydrogen-bond acceptors (Lipinski definition) is 4. The molecule has 0 bridgehead atoms. The van der Waals surface area contributed by atoms with E-state index in [0.29, 0.717) is 25.9 Å². The summed E-state index contributed by atoms with van der Waals surface area (Å²) in [6.45, 7) is 6.53. The van der Waals surface area contributed by atoms with Crippen LogP contribution in [0.4, 0.5) is 0 Å². The number of carbonyl (C=O) groups excluding carboxylic acids is 1. The van der Waals surface area contributed by atoms with Crippen LogP contribution >= 0.6 is 0 Å². The van der Waals surface area contributed by atoms with Crippen LogP contribution in [0.5, 0.6) is 5.75 Å². The molecule has 1 aromatic carbocycles. The molecule has 1 saturated heterocycles. The summed E-state index contributed by atoms with van der Waals surface area (Å²) in [6, 6.07) is 5.90. The molecule has 0 aliphatic carbocycles. The predicted octanol–water partition coefficient (Wildman–Crippen LogP) is 2.63. The Bertz CT molecular complexity index is 725. The summed E-state index contributed by atoms with van der Waals surface area (Å²) in [7, 11) is -1.52. The number of hydrogen-bond donors (Lipinski definition) is 1. The first-order valence-electron chi connectivity index (χ1n) is 9.25. The molecule has 2 rings (SSSR count). The van der Waals surface area contributed by atoms with E-state index in [2.05, 4.69) is 5.32 Å². The summed E-state index contributed by atoms with van der Waals surface area (Å²) in [5.74, 6) is 0.823. The first kappa shape index (κ1) is 20.7. The number of amides is 1. The number of carbonyl (C=O) groups is 1. The van der Waals surface area contributed by atoms with Crippen LogP contribution in [-0.4, -0.2) is 44.6 Å². The molecular weight excluding hydrogens is 352 g/mol. The zero-order valence-electron chi connectivity index (χ0n) is 16.1. The lowest BCUT2D eigenvalue weighted by Gasteiger charge is -2.31. The van der Waals surface area contributed by atoms with Gasteiger partial charge in [0.15, 0.2) is 0 Å². The van der Waals surface area contributed by atoms with E-state index >= 15 is 0 Å². The Morgan fingerprint density at radius 2 is 1.96 bits per heavy atom. The van der Waals surface area contributed by atoms with Crippen molar-refractivity contribution in [1.82, 2.24) is 9.62 Å². The lowest BCUT2D eigenvalue weighted by Crippen LogP contribution is -2.44. The zero-order chi connectivity index (χ0) is 19.3. The Balaban J connectivity index is 1.99. The molecule has 1 aliphatic rings. The average molecular weight is 383 g/mol. The lowest BCUT2D eigenvalue weighted by molar-refractivity contribution is -0.126. The predicted molar refractivity (Wildman–Crippen MR) is 103 cm³/mol. The minimum atomic E-state index is -3.16. The van der Waals surface area contributed by atoms with Gasteiger partial charge in [0.1, 0.15) is 5.75 Å². The van der Waals surface area contributed by atoms with Gasteiger partial charge in [0.25, 0.3) is 0 Å². The molecule has 0 saturated carbocycles. The van der Waals surface area contributed by atoms with Gasteiger partial charge in [0.05, 0.1) is 18.9 Å². The second-order valence-corrected chi connectivity index (χ2v) is 9.03. The number of nitrogens with zero attached hydrogens (tertiary/aromatic N) is 1. The topological polar surface area (TPSA) is 75.7 Å². The van der Waals surface area contributed by atoms with Crippen LogP contribution in [0, 0.1) is 12.8 Å². The summed E-state index contributed by atoms with van der Waals surface area (Å²) in [5, 5.41) is 3.14. The fourth-order valence-electron chi connectivity index (χ4n) is 3.41. The van der Waals surface area contributed by atoms with Gasteiger partial charge in [-0.3, -0.25) is 4.79 Å². The number of piperidine rings is 1. The van der Waals surface area contributed by atoms with Crippen molar-refractivity contribution in [2.45, 2.75) is 46.1 Å². The minimum Gasteiger partial charge on any atom is -0.496 e. The van der Waals surface area contributed by atoms with Crippen LogP contribution < -0.4 is 10.1 Å². The minimum absolute atomic E-state index is 0.0128. The van der Waals surface area contributed by atoms with Gasteiger partial charge in [-0.25, -0.2) is 12.7 Å². The van der Waals surface area contributed by atoms with E-state index in [1.54, 1.807) is 14.0 Å². The molecule has 1 aromatic rings. The van der Waals surface area contributed by atoms with E-state index in [-0.39, 0.29) is 23.6 Å². The number of rotatable bonds is 7. The third-order valence-electron chi connectivity index (χ3n) is 5.13. The van der Waals surface area contributed by atoms with Gasteiger partial charge in [-0.1, -0.05) is 19.1 Å². The lowest BCUT2D eigenvalue weighted by atomic mass is 9.95. The Kier molecular flexibility index (Phi) is 7.06. The molecule has 1 N–H and O–H groups in total. The van der Waals surface area contributed by atoms with E-state index in [4.69, 9.17) is 4.74 Å². The number of aryl methyl sites for hydroxylation is 1. The molecule has 1 amide bonds. The standard InChI is InChI=1S/C19H30N2O4S/c1-5-17(16-7-8-18(25-4)14(3)13-16)20-19(22)15-9-11-21(12-10-15)26(23,24)6-2/h7-8,13,15,17H,5-6,9-12H2,1-4H3,(H,20,22)/t17-/m1/s1. The van der Waals surface area contributed by atoms with Crippen LogP contribution in [-0.2, 0) is 14.8 Å². The number of ether oxygens (including phenoxy) is 1. The fraction of sp³-hybridized carbons (Fsp3) is 0.632. The van der Waals surface area contributed by atoms with E-state index in [1.807, 2.05) is 32.0 Å². The van der Waals surface area contributed by atoms with Gasteiger partial charge in [-0.15, -0.1) is 0 Å². The Labute approximate surface area is 157 Å². The number of benzene rings is 1. The normalized spacial score (nSPS) is 17.7. The van der Waals surface area contributed by atoms with Crippen molar-refractivity contribution in [3.63, 3.8) is 0 Å². The molecule has 0 aromatic heterocycles. The van der Waals surface area contributed by atoms with E-state index in [9.17, 15) is 13.2 Å². The molecule has 146 valence electrons. The highest BCUT2D eigenvalue weighted by molar-refractivity contribution is 7.89. The van der Waals surface area contributed by atoms with E-state index in [0.717, 1.165) is 23.3 Å². The van der Waals surface area contributed by atoms with Crippen LogP contribution in [0.1, 0.15) is 50.3 Å². The average Bonchev–Trinajstić information content (AvgIpc) is 2.65. The highest BCUT2D eigenvalue weighted by Crippen LogP contribution is 2.26. The molecule has 7 heteroatoms. The quantitative estimate of drug-likeness (QED) is 0.787. The van der Waals surface area contributed by atoms with Gasteiger partial charge >= 0.3 is 0 Å².